The van der Waals surface area contributed by atoms with Gasteiger partial charge in [0, 0.05) is 0 Å². The Balaban J connectivity index is 1.84. The number of carbonyl (C=O) groups is 1. The summed E-state index contributed by atoms with van der Waals surface area (Å²) in [5.74, 6) is 0.266. The van der Waals surface area contributed by atoms with Crippen LogP contribution in [0.5, 0.6) is 0 Å². The van der Waals surface area contributed by atoms with Crippen molar-refractivity contribution in [2.45, 2.75) is 20.8 Å². The van der Waals surface area contributed by atoms with E-state index in [1.54, 1.807) is 38.2 Å². The zero-order chi connectivity index (χ0) is 17.6. The maximum absolute atomic E-state index is 12.9. The number of nitrogens with one attached hydrogen (secondary N) is 1. The van der Waals surface area contributed by atoms with E-state index in [1.807, 2.05) is 17.5 Å². The van der Waals surface area contributed by atoms with Crippen molar-refractivity contribution in [3.8, 4) is 10.6 Å². The molecule has 7 nitrogen and oxygen atoms in total. The Morgan fingerprint density at radius 3 is 2.64 bits per heavy atom. The van der Waals surface area contributed by atoms with Crippen LogP contribution >= 0.6 is 11.3 Å². The molecule has 0 saturated heterocycles. The van der Waals surface area contributed by atoms with E-state index in [1.165, 1.54) is 0 Å². The first-order chi connectivity index (χ1) is 12.0. The van der Waals surface area contributed by atoms with Crippen LogP contribution in [0, 0.1) is 20.8 Å². The zero-order valence-corrected chi connectivity index (χ0v) is 14.6. The highest BCUT2D eigenvalue weighted by Crippen LogP contribution is 2.30. The summed E-state index contributed by atoms with van der Waals surface area (Å²) in [6, 6.07) is 5.63. The summed E-state index contributed by atoms with van der Waals surface area (Å²) < 4.78 is 10.4. The number of aryl methyl sites for hydroxylation is 3. The third-order valence-electron chi connectivity index (χ3n) is 3.91. The smallest absolute Gasteiger partial charge is 0.259 e. The molecule has 0 atom stereocenters. The maximum Gasteiger partial charge on any atom is 0.259 e. The van der Waals surface area contributed by atoms with Gasteiger partial charge in [0.25, 0.3) is 11.6 Å². The van der Waals surface area contributed by atoms with Crippen LogP contribution in [0.25, 0.3) is 21.7 Å². The third-order valence-corrected chi connectivity index (χ3v) is 4.80. The first-order valence-corrected chi connectivity index (χ1v) is 8.47. The molecule has 0 saturated carbocycles. The monoisotopic (exact) mass is 354 g/mol. The highest BCUT2D eigenvalue weighted by atomic mass is 32.1. The fraction of sp³-hybridized carbons (Fsp3) is 0.176. The number of amides is 1. The molecule has 126 valence electrons. The molecule has 4 aromatic rings. The summed E-state index contributed by atoms with van der Waals surface area (Å²) in [7, 11) is 0. The van der Waals surface area contributed by atoms with Crippen LogP contribution in [-0.4, -0.2) is 21.2 Å². The molecule has 0 aliphatic heterocycles. The predicted octanol–water partition coefficient (Wildman–Crippen LogP) is 4.12. The quantitative estimate of drug-likeness (QED) is 0.595. The molecule has 0 fully saturated rings. The van der Waals surface area contributed by atoms with E-state index in [4.69, 9.17) is 9.05 Å². The lowest BCUT2D eigenvalue weighted by Crippen LogP contribution is -2.14. The summed E-state index contributed by atoms with van der Waals surface area (Å²) in [5, 5.41) is 13.2. The van der Waals surface area contributed by atoms with Crippen LogP contribution in [0.2, 0.25) is 0 Å². The second kappa shape index (κ2) is 5.82. The molecule has 0 unspecified atom stereocenters. The highest BCUT2D eigenvalue weighted by Gasteiger charge is 2.21. The highest BCUT2D eigenvalue weighted by molar-refractivity contribution is 7.13. The van der Waals surface area contributed by atoms with E-state index in [2.05, 4.69) is 20.6 Å². The normalized spacial score (nSPS) is 11.2. The standard InChI is InChI=1S/C17H14N4O3S/c1-8-14-11(16(22)19-15-9(2)21-23-10(15)3)7-12(13-5-4-6-25-13)18-17(14)24-20-8/h4-7H,1-3H3,(H,19,22). The van der Waals surface area contributed by atoms with E-state index in [0.717, 1.165) is 4.88 Å². The third kappa shape index (κ3) is 2.60. The lowest BCUT2D eigenvalue weighted by molar-refractivity contribution is 0.102. The topological polar surface area (TPSA) is 94.1 Å². The van der Waals surface area contributed by atoms with Crippen molar-refractivity contribution in [2.75, 3.05) is 5.32 Å². The van der Waals surface area contributed by atoms with Crippen molar-refractivity contribution in [2.24, 2.45) is 0 Å². The summed E-state index contributed by atoms with van der Waals surface area (Å²) in [5.41, 5.74) is 3.27. The summed E-state index contributed by atoms with van der Waals surface area (Å²) >= 11 is 1.54. The SMILES string of the molecule is Cc1noc(C)c1NC(=O)c1cc(-c2cccs2)nc2onc(C)c12. The van der Waals surface area contributed by atoms with Gasteiger partial charge in [0.1, 0.15) is 11.4 Å². The first kappa shape index (κ1) is 15.5. The van der Waals surface area contributed by atoms with Gasteiger partial charge in [-0.3, -0.25) is 4.79 Å². The minimum atomic E-state index is -0.286. The van der Waals surface area contributed by atoms with Crippen molar-refractivity contribution in [3.05, 3.63) is 46.3 Å². The Morgan fingerprint density at radius 1 is 1.16 bits per heavy atom. The Hall–Kier alpha value is -3.00. The molecule has 0 bridgehead atoms. The van der Waals surface area contributed by atoms with Crippen molar-refractivity contribution in [1.29, 1.82) is 0 Å². The largest absolute Gasteiger partial charge is 0.359 e. The molecule has 1 N–H and O–H groups in total. The molecule has 0 spiro atoms. The molecule has 25 heavy (non-hydrogen) atoms. The summed E-state index contributed by atoms with van der Waals surface area (Å²) in [6.45, 7) is 5.31. The number of carbonyl (C=O) groups excluding carboxylic acids is 1. The van der Waals surface area contributed by atoms with Crippen molar-refractivity contribution in [3.63, 3.8) is 0 Å². The molecule has 0 radical (unpaired) electrons. The zero-order valence-electron chi connectivity index (χ0n) is 13.8. The van der Waals surface area contributed by atoms with Gasteiger partial charge >= 0.3 is 0 Å². The number of hydrogen-bond acceptors (Lipinski definition) is 7. The molecular formula is C17H14N4O3S. The number of anilines is 1. The van der Waals surface area contributed by atoms with Gasteiger partial charge in [0.05, 0.1) is 27.2 Å². The number of fused-ring (bicyclic) bond motifs is 1. The summed E-state index contributed by atoms with van der Waals surface area (Å²) in [4.78, 5) is 18.4. The maximum atomic E-state index is 12.9. The van der Waals surface area contributed by atoms with E-state index in [0.29, 0.717) is 45.2 Å². The van der Waals surface area contributed by atoms with Crippen molar-refractivity contribution >= 4 is 34.0 Å². The van der Waals surface area contributed by atoms with Gasteiger partial charge < -0.3 is 14.4 Å². The second-order valence-corrected chi connectivity index (χ2v) is 6.58. The Bertz CT molecular complexity index is 1060. The first-order valence-electron chi connectivity index (χ1n) is 7.59. The van der Waals surface area contributed by atoms with Crippen LogP contribution in [0.3, 0.4) is 0 Å². The minimum Gasteiger partial charge on any atom is -0.359 e. The van der Waals surface area contributed by atoms with Gasteiger partial charge in [-0.05, 0) is 38.3 Å². The number of nitrogens with zero attached hydrogens (tertiary/aromatic N) is 3. The van der Waals surface area contributed by atoms with Crippen LogP contribution in [0.1, 0.15) is 27.5 Å². The molecule has 0 aliphatic carbocycles. The lowest BCUT2D eigenvalue weighted by atomic mass is 10.1. The fourth-order valence-corrected chi connectivity index (χ4v) is 3.35. The second-order valence-electron chi connectivity index (χ2n) is 5.63. The number of pyridine rings is 1. The Morgan fingerprint density at radius 2 is 1.96 bits per heavy atom. The van der Waals surface area contributed by atoms with E-state index < -0.39 is 0 Å². The molecule has 4 heterocycles. The van der Waals surface area contributed by atoms with Gasteiger partial charge in [-0.2, -0.15) is 0 Å². The molecular weight excluding hydrogens is 340 g/mol. The molecule has 8 heteroatoms. The predicted molar refractivity (Wildman–Crippen MR) is 93.8 cm³/mol. The van der Waals surface area contributed by atoms with Crippen LogP contribution in [0.4, 0.5) is 5.69 Å². The number of rotatable bonds is 3. The molecule has 4 rings (SSSR count). The van der Waals surface area contributed by atoms with Crippen LogP contribution in [0.15, 0.2) is 32.6 Å². The van der Waals surface area contributed by atoms with E-state index in [-0.39, 0.29) is 5.91 Å². The van der Waals surface area contributed by atoms with Gasteiger partial charge in [0.2, 0.25) is 0 Å². The number of aromatic nitrogens is 3. The molecule has 0 aliphatic rings. The number of thiophene rings is 1. The van der Waals surface area contributed by atoms with Gasteiger partial charge in [-0.1, -0.05) is 16.4 Å². The average molecular weight is 354 g/mol. The molecule has 1 amide bonds. The van der Waals surface area contributed by atoms with Gasteiger partial charge in [-0.15, -0.1) is 11.3 Å². The lowest BCUT2D eigenvalue weighted by Gasteiger charge is -2.07. The average Bonchev–Trinajstić information content (AvgIpc) is 3.32. The van der Waals surface area contributed by atoms with Crippen LogP contribution in [-0.2, 0) is 0 Å². The number of hydrogen-bond donors (Lipinski definition) is 1. The van der Waals surface area contributed by atoms with Crippen LogP contribution < -0.4 is 5.32 Å². The van der Waals surface area contributed by atoms with E-state index in [9.17, 15) is 4.79 Å². The summed E-state index contributed by atoms with van der Waals surface area (Å²) in [6.07, 6.45) is 0. The van der Waals surface area contributed by atoms with Gasteiger partial charge in [0.15, 0.2) is 5.76 Å². The molecule has 4 aromatic heterocycles. The van der Waals surface area contributed by atoms with Crippen molar-refractivity contribution in [1.82, 2.24) is 15.3 Å². The molecule has 0 aromatic carbocycles. The van der Waals surface area contributed by atoms with Crippen molar-refractivity contribution < 1.29 is 13.8 Å². The Kier molecular flexibility index (Phi) is 3.61. The fourth-order valence-electron chi connectivity index (χ4n) is 2.67. The van der Waals surface area contributed by atoms with E-state index >= 15 is 0 Å². The minimum absolute atomic E-state index is 0.286. The Labute approximate surface area is 146 Å². The van der Waals surface area contributed by atoms with Gasteiger partial charge in [-0.25, -0.2) is 4.98 Å².